The second-order valence-electron chi connectivity index (χ2n) is 4.24. The van der Waals surface area contributed by atoms with Gasteiger partial charge in [-0.05, 0) is 32.0 Å². The minimum Gasteiger partial charge on any atom is -0.489 e. The lowest BCUT2D eigenvalue weighted by Gasteiger charge is -2.22. The fourth-order valence-electron chi connectivity index (χ4n) is 1.44. The lowest BCUT2D eigenvalue weighted by molar-refractivity contribution is 0.240. The zero-order valence-corrected chi connectivity index (χ0v) is 11.2. The highest BCUT2D eigenvalue weighted by molar-refractivity contribution is 5.94. The van der Waals surface area contributed by atoms with Crippen molar-refractivity contribution in [2.75, 3.05) is 10.0 Å². The first-order chi connectivity index (χ1) is 9.23. The fraction of sp³-hybridized carbons (Fsp3) is 0.273. The van der Waals surface area contributed by atoms with Gasteiger partial charge < -0.3 is 16.2 Å². The van der Waals surface area contributed by atoms with E-state index in [0.717, 1.165) is 0 Å². The molecule has 4 amide bonds. The lowest BCUT2D eigenvalue weighted by Crippen LogP contribution is -2.43. The van der Waals surface area contributed by atoms with Gasteiger partial charge in [-0.2, -0.15) is 0 Å². The highest BCUT2D eigenvalue weighted by Crippen LogP contribution is 2.31. The average molecular weight is 282 g/mol. The number of amides is 4. The van der Waals surface area contributed by atoms with Crippen molar-refractivity contribution in [1.29, 1.82) is 0 Å². The monoisotopic (exact) mass is 282 g/mol. The molecule has 0 saturated heterocycles. The van der Waals surface area contributed by atoms with Crippen LogP contribution in [0, 0.1) is 0 Å². The largest absolute Gasteiger partial charge is 0.489 e. The summed E-state index contributed by atoms with van der Waals surface area (Å²) in [6.45, 7) is 3.61. The van der Waals surface area contributed by atoms with Gasteiger partial charge in [-0.3, -0.25) is 0 Å². The Bertz CT molecular complexity index is 519. The van der Waals surface area contributed by atoms with Crippen LogP contribution in [-0.4, -0.2) is 18.2 Å². The Hall–Kier alpha value is -2.52. The quantitative estimate of drug-likeness (QED) is 0.347. The number of hydrazine groups is 2. The van der Waals surface area contributed by atoms with E-state index in [2.05, 4.69) is 0 Å². The van der Waals surface area contributed by atoms with Crippen LogP contribution in [0.15, 0.2) is 18.2 Å². The molecule has 0 unspecified atom stereocenters. The molecular weight excluding hydrogens is 264 g/mol. The van der Waals surface area contributed by atoms with E-state index in [0.29, 0.717) is 15.8 Å². The Balaban J connectivity index is 3.27. The molecule has 0 aliphatic carbocycles. The molecule has 9 heteroatoms. The van der Waals surface area contributed by atoms with Crippen LogP contribution in [0.3, 0.4) is 0 Å². The number of carbonyl (C=O) groups excluding carboxylic acids is 2. The molecule has 9 nitrogen and oxygen atoms in total. The third-order valence-electron chi connectivity index (χ3n) is 2.32. The normalized spacial score (nSPS) is 10.2. The van der Waals surface area contributed by atoms with E-state index in [1.54, 1.807) is 0 Å². The summed E-state index contributed by atoms with van der Waals surface area (Å²) in [6.07, 6.45) is -0.147. The SMILES string of the molecule is CC(C)Oc1ccc(N(N)C(N)=O)cc1N(N)C(N)=O. The molecule has 1 aromatic rings. The molecule has 0 fully saturated rings. The van der Waals surface area contributed by atoms with E-state index < -0.39 is 12.1 Å². The van der Waals surface area contributed by atoms with Crippen molar-refractivity contribution in [3.63, 3.8) is 0 Å². The Morgan fingerprint density at radius 3 is 2.10 bits per heavy atom. The second kappa shape index (κ2) is 6.08. The van der Waals surface area contributed by atoms with Crippen molar-refractivity contribution in [1.82, 2.24) is 0 Å². The van der Waals surface area contributed by atoms with Gasteiger partial charge in [0.2, 0.25) is 0 Å². The number of nitrogens with two attached hydrogens (primary N) is 4. The molecule has 0 aliphatic heterocycles. The highest BCUT2D eigenvalue weighted by atomic mass is 16.5. The average Bonchev–Trinajstić information content (AvgIpc) is 2.36. The van der Waals surface area contributed by atoms with E-state index in [1.165, 1.54) is 18.2 Å². The zero-order valence-electron chi connectivity index (χ0n) is 11.2. The minimum atomic E-state index is -0.890. The molecule has 1 rings (SSSR count). The number of nitrogens with zero attached hydrogens (tertiary/aromatic N) is 2. The van der Waals surface area contributed by atoms with Crippen LogP contribution in [0.2, 0.25) is 0 Å². The van der Waals surface area contributed by atoms with Gasteiger partial charge in [-0.1, -0.05) is 0 Å². The molecular formula is C11H18N6O3. The number of anilines is 2. The summed E-state index contributed by atoms with van der Waals surface area (Å²) in [5.74, 6) is 11.4. The van der Waals surface area contributed by atoms with Gasteiger partial charge in [0.05, 0.1) is 11.8 Å². The topological polar surface area (TPSA) is 154 Å². The number of primary amides is 2. The van der Waals surface area contributed by atoms with Gasteiger partial charge in [0.1, 0.15) is 11.4 Å². The van der Waals surface area contributed by atoms with Gasteiger partial charge in [0.15, 0.2) is 0 Å². The molecule has 110 valence electrons. The third-order valence-corrected chi connectivity index (χ3v) is 2.32. The molecule has 20 heavy (non-hydrogen) atoms. The standard InChI is InChI=1S/C11H18N6O3/c1-6(2)20-9-4-3-7(16(14)10(12)18)5-8(9)17(15)11(13)19/h3-6H,14-15H2,1-2H3,(H2,12,18)(H2,13,19). The first-order valence-corrected chi connectivity index (χ1v) is 5.73. The molecule has 0 saturated carbocycles. The van der Waals surface area contributed by atoms with Crippen molar-refractivity contribution < 1.29 is 14.3 Å². The molecule has 0 bridgehead atoms. The van der Waals surface area contributed by atoms with Gasteiger partial charge in [-0.15, -0.1) is 0 Å². The molecule has 0 aromatic heterocycles. The van der Waals surface area contributed by atoms with Crippen molar-refractivity contribution in [3.05, 3.63) is 18.2 Å². The number of ether oxygens (including phenoxy) is 1. The summed E-state index contributed by atoms with van der Waals surface area (Å²) in [5.41, 5.74) is 10.6. The Morgan fingerprint density at radius 1 is 1.10 bits per heavy atom. The zero-order chi connectivity index (χ0) is 15.4. The van der Waals surface area contributed by atoms with Crippen LogP contribution < -0.4 is 37.9 Å². The summed E-state index contributed by atoms with van der Waals surface area (Å²) in [5, 5.41) is 1.40. The molecule has 0 heterocycles. The van der Waals surface area contributed by atoms with Crippen LogP contribution in [0.1, 0.15) is 13.8 Å². The molecule has 1 aromatic carbocycles. The number of hydrogen-bond acceptors (Lipinski definition) is 5. The first kappa shape index (κ1) is 15.5. The minimum absolute atomic E-state index is 0.147. The molecule has 0 aliphatic rings. The Morgan fingerprint density at radius 2 is 1.65 bits per heavy atom. The number of benzene rings is 1. The van der Waals surface area contributed by atoms with Crippen LogP contribution in [0.5, 0.6) is 5.75 Å². The summed E-state index contributed by atoms with van der Waals surface area (Å²) in [4.78, 5) is 22.2. The summed E-state index contributed by atoms with van der Waals surface area (Å²) in [6, 6.07) is 2.62. The maximum atomic E-state index is 11.2. The molecule has 0 atom stereocenters. The highest BCUT2D eigenvalue weighted by Gasteiger charge is 2.18. The second-order valence-corrected chi connectivity index (χ2v) is 4.24. The third kappa shape index (κ3) is 3.49. The predicted octanol–water partition coefficient (Wildman–Crippen LogP) is -0.00860. The van der Waals surface area contributed by atoms with Crippen molar-refractivity contribution in [2.45, 2.75) is 20.0 Å². The van der Waals surface area contributed by atoms with E-state index in [4.69, 9.17) is 27.9 Å². The van der Waals surface area contributed by atoms with Gasteiger partial charge in [-0.25, -0.2) is 31.3 Å². The number of hydrogen-bond donors (Lipinski definition) is 4. The van der Waals surface area contributed by atoms with E-state index in [9.17, 15) is 9.59 Å². The first-order valence-electron chi connectivity index (χ1n) is 5.73. The van der Waals surface area contributed by atoms with E-state index in [1.807, 2.05) is 13.8 Å². The Kier molecular flexibility index (Phi) is 4.73. The van der Waals surface area contributed by atoms with Crippen LogP contribution in [0.4, 0.5) is 21.0 Å². The number of carbonyl (C=O) groups is 2. The maximum absolute atomic E-state index is 11.2. The van der Waals surface area contributed by atoms with E-state index in [-0.39, 0.29) is 17.5 Å². The van der Waals surface area contributed by atoms with Crippen molar-refractivity contribution in [2.24, 2.45) is 23.2 Å². The van der Waals surface area contributed by atoms with Crippen molar-refractivity contribution in [3.8, 4) is 5.75 Å². The van der Waals surface area contributed by atoms with Gasteiger partial charge in [0, 0.05) is 0 Å². The maximum Gasteiger partial charge on any atom is 0.333 e. The number of rotatable bonds is 4. The lowest BCUT2D eigenvalue weighted by atomic mass is 10.2. The summed E-state index contributed by atoms with van der Waals surface area (Å²) < 4.78 is 5.51. The molecule has 8 N–H and O–H groups in total. The molecule has 0 radical (unpaired) electrons. The fourth-order valence-corrected chi connectivity index (χ4v) is 1.44. The van der Waals surface area contributed by atoms with Crippen LogP contribution >= 0.6 is 0 Å². The Labute approximate surface area is 116 Å². The van der Waals surface area contributed by atoms with Crippen LogP contribution in [-0.2, 0) is 0 Å². The van der Waals surface area contributed by atoms with Crippen molar-refractivity contribution >= 4 is 23.4 Å². The summed E-state index contributed by atoms with van der Waals surface area (Å²) in [7, 11) is 0. The van der Waals surface area contributed by atoms with Gasteiger partial charge >= 0.3 is 12.1 Å². The van der Waals surface area contributed by atoms with Crippen LogP contribution in [0.25, 0.3) is 0 Å². The van der Waals surface area contributed by atoms with E-state index >= 15 is 0 Å². The number of urea groups is 2. The molecule has 0 spiro atoms. The summed E-state index contributed by atoms with van der Waals surface area (Å²) >= 11 is 0. The smallest absolute Gasteiger partial charge is 0.333 e. The predicted molar refractivity (Wildman–Crippen MR) is 74.7 cm³/mol. The van der Waals surface area contributed by atoms with Gasteiger partial charge in [0.25, 0.3) is 0 Å².